The van der Waals surface area contributed by atoms with Crippen LogP contribution in [0.25, 0.3) is 0 Å². The van der Waals surface area contributed by atoms with E-state index in [1.54, 1.807) is 6.07 Å². The number of benzene rings is 1. The molecule has 1 aromatic rings. The largest absolute Gasteiger partial charge is 0.313 e. The predicted molar refractivity (Wildman–Crippen MR) is 72.0 cm³/mol. The van der Waals surface area contributed by atoms with Crippen LogP contribution in [0.3, 0.4) is 0 Å². The first-order chi connectivity index (χ1) is 7.84. The molecule has 0 bridgehead atoms. The molecule has 0 aliphatic carbocycles. The van der Waals surface area contributed by atoms with E-state index in [1.807, 2.05) is 6.07 Å². The molecule has 0 saturated carbocycles. The minimum Gasteiger partial charge on any atom is -0.313 e. The third-order valence-electron chi connectivity index (χ3n) is 2.92. The Kier molecular flexibility index (Phi) is 4.96. The molecule has 0 fully saturated rings. The van der Waals surface area contributed by atoms with Crippen LogP contribution in [-0.2, 0) is 6.42 Å². The quantitative estimate of drug-likeness (QED) is 0.858. The molecule has 1 rings (SSSR count). The van der Waals surface area contributed by atoms with Gasteiger partial charge >= 0.3 is 0 Å². The first kappa shape index (κ1) is 14.5. The SMILES string of the molecule is CCNC(Cc1ccc(Cl)c(F)c1)C(C)(C)C. The Hall–Kier alpha value is -0.600. The number of halogens is 2. The fourth-order valence-corrected chi connectivity index (χ4v) is 1.95. The van der Waals surface area contributed by atoms with Gasteiger partial charge < -0.3 is 5.32 Å². The van der Waals surface area contributed by atoms with Gasteiger partial charge in [0.2, 0.25) is 0 Å². The molecule has 0 amide bonds. The summed E-state index contributed by atoms with van der Waals surface area (Å²) in [6.07, 6.45) is 0.811. The number of hydrogen-bond donors (Lipinski definition) is 1. The highest BCUT2D eigenvalue weighted by atomic mass is 35.5. The highest BCUT2D eigenvalue weighted by Crippen LogP contribution is 2.24. The molecule has 0 aliphatic rings. The molecule has 1 atom stereocenters. The van der Waals surface area contributed by atoms with Crippen molar-refractivity contribution in [2.75, 3.05) is 6.54 Å². The van der Waals surface area contributed by atoms with Crippen molar-refractivity contribution in [3.8, 4) is 0 Å². The highest BCUT2D eigenvalue weighted by molar-refractivity contribution is 6.30. The van der Waals surface area contributed by atoms with Gasteiger partial charge in [-0.15, -0.1) is 0 Å². The summed E-state index contributed by atoms with van der Waals surface area (Å²) in [5, 5.41) is 3.63. The average molecular weight is 258 g/mol. The van der Waals surface area contributed by atoms with Crippen LogP contribution in [0.5, 0.6) is 0 Å². The van der Waals surface area contributed by atoms with Gasteiger partial charge in [-0.2, -0.15) is 0 Å². The van der Waals surface area contributed by atoms with Gasteiger partial charge in [0.25, 0.3) is 0 Å². The van der Waals surface area contributed by atoms with Gasteiger partial charge in [0.1, 0.15) is 5.82 Å². The molecular formula is C14H21ClFN. The van der Waals surface area contributed by atoms with Crippen LogP contribution in [0.2, 0.25) is 5.02 Å². The van der Waals surface area contributed by atoms with E-state index < -0.39 is 0 Å². The molecule has 0 radical (unpaired) electrons. The Labute approximate surface area is 108 Å². The molecule has 0 aliphatic heterocycles. The van der Waals surface area contributed by atoms with Gasteiger partial charge in [-0.05, 0) is 36.1 Å². The maximum atomic E-state index is 13.4. The molecule has 96 valence electrons. The number of nitrogens with one attached hydrogen (secondary N) is 1. The zero-order chi connectivity index (χ0) is 13.1. The molecule has 17 heavy (non-hydrogen) atoms. The lowest BCUT2D eigenvalue weighted by Crippen LogP contribution is -2.41. The van der Waals surface area contributed by atoms with E-state index in [2.05, 4.69) is 33.0 Å². The van der Waals surface area contributed by atoms with Crippen molar-refractivity contribution in [1.82, 2.24) is 5.32 Å². The molecule has 1 nitrogen and oxygen atoms in total. The van der Waals surface area contributed by atoms with E-state index in [0.29, 0.717) is 6.04 Å². The first-order valence-corrected chi connectivity index (χ1v) is 6.39. The Bertz CT molecular complexity index is 371. The van der Waals surface area contributed by atoms with E-state index in [1.165, 1.54) is 6.07 Å². The third-order valence-corrected chi connectivity index (χ3v) is 3.23. The second kappa shape index (κ2) is 5.83. The first-order valence-electron chi connectivity index (χ1n) is 6.02. The standard InChI is InChI=1S/C14H21ClFN/c1-5-17-13(14(2,3)4)9-10-6-7-11(15)12(16)8-10/h6-8,13,17H,5,9H2,1-4H3. The summed E-state index contributed by atoms with van der Waals surface area (Å²) >= 11 is 5.68. The highest BCUT2D eigenvalue weighted by Gasteiger charge is 2.23. The van der Waals surface area contributed by atoms with Gasteiger partial charge in [0.15, 0.2) is 0 Å². The van der Waals surface area contributed by atoms with Crippen molar-refractivity contribution in [3.05, 3.63) is 34.6 Å². The summed E-state index contributed by atoms with van der Waals surface area (Å²) in [6.45, 7) is 9.56. The second-order valence-corrected chi connectivity index (χ2v) is 5.84. The fraction of sp³-hybridized carbons (Fsp3) is 0.571. The van der Waals surface area contributed by atoms with Crippen molar-refractivity contribution in [2.24, 2.45) is 5.41 Å². The second-order valence-electron chi connectivity index (χ2n) is 5.43. The van der Waals surface area contributed by atoms with Gasteiger partial charge in [-0.25, -0.2) is 4.39 Å². The Morgan fingerprint density at radius 3 is 2.47 bits per heavy atom. The van der Waals surface area contributed by atoms with Gasteiger partial charge in [0.05, 0.1) is 5.02 Å². The molecular weight excluding hydrogens is 237 g/mol. The molecule has 0 heterocycles. The minimum atomic E-state index is -0.340. The van der Waals surface area contributed by atoms with Crippen LogP contribution in [-0.4, -0.2) is 12.6 Å². The maximum absolute atomic E-state index is 13.4. The molecule has 1 N–H and O–H groups in total. The Balaban J connectivity index is 2.82. The predicted octanol–water partition coefficient (Wildman–Crippen LogP) is 4.05. The number of hydrogen-bond acceptors (Lipinski definition) is 1. The molecule has 1 aromatic carbocycles. The zero-order valence-corrected chi connectivity index (χ0v) is 11.7. The summed E-state index contributed by atoms with van der Waals surface area (Å²) in [6, 6.07) is 5.37. The summed E-state index contributed by atoms with van der Waals surface area (Å²) in [7, 11) is 0. The third kappa shape index (κ3) is 4.29. The average Bonchev–Trinajstić information content (AvgIpc) is 2.21. The van der Waals surface area contributed by atoms with Crippen molar-refractivity contribution >= 4 is 11.6 Å². The zero-order valence-electron chi connectivity index (χ0n) is 11.0. The van der Waals surface area contributed by atoms with Crippen LogP contribution in [0.15, 0.2) is 18.2 Å². The van der Waals surface area contributed by atoms with E-state index in [9.17, 15) is 4.39 Å². The smallest absolute Gasteiger partial charge is 0.142 e. The van der Waals surface area contributed by atoms with Crippen LogP contribution in [0.1, 0.15) is 33.3 Å². The summed E-state index contributed by atoms with van der Waals surface area (Å²) in [4.78, 5) is 0. The molecule has 0 saturated heterocycles. The Morgan fingerprint density at radius 2 is 2.00 bits per heavy atom. The van der Waals surface area contributed by atoms with E-state index >= 15 is 0 Å². The van der Waals surface area contributed by atoms with Gasteiger partial charge in [0, 0.05) is 6.04 Å². The molecule has 0 aromatic heterocycles. The molecule has 0 spiro atoms. The van der Waals surface area contributed by atoms with Crippen LogP contribution in [0, 0.1) is 11.2 Å². The summed E-state index contributed by atoms with van der Waals surface area (Å²) in [5.74, 6) is -0.340. The number of likely N-dealkylation sites (N-methyl/N-ethyl adjacent to an activating group) is 1. The lowest BCUT2D eigenvalue weighted by atomic mass is 9.83. The maximum Gasteiger partial charge on any atom is 0.142 e. The van der Waals surface area contributed by atoms with E-state index in [-0.39, 0.29) is 16.3 Å². The lowest BCUT2D eigenvalue weighted by Gasteiger charge is -2.31. The molecule has 1 unspecified atom stereocenters. The van der Waals surface area contributed by atoms with Crippen LogP contribution in [0.4, 0.5) is 4.39 Å². The van der Waals surface area contributed by atoms with E-state index in [4.69, 9.17) is 11.6 Å². The van der Waals surface area contributed by atoms with Gasteiger partial charge in [-0.1, -0.05) is 45.4 Å². The van der Waals surface area contributed by atoms with Crippen LogP contribution < -0.4 is 5.32 Å². The molecule has 3 heteroatoms. The van der Waals surface area contributed by atoms with Crippen molar-refractivity contribution < 1.29 is 4.39 Å². The number of rotatable bonds is 4. The summed E-state index contributed by atoms with van der Waals surface area (Å²) in [5.41, 5.74) is 1.12. The minimum absolute atomic E-state index is 0.145. The Morgan fingerprint density at radius 1 is 1.35 bits per heavy atom. The summed E-state index contributed by atoms with van der Waals surface area (Å²) < 4.78 is 13.4. The fourth-order valence-electron chi connectivity index (χ4n) is 1.83. The van der Waals surface area contributed by atoms with Crippen LogP contribution >= 0.6 is 11.6 Å². The van der Waals surface area contributed by atoms with Crippen molar-refractivity contribution in [3.63, 3.8) is 0 Å². The van der Waals surface area contributed by atoms with E-state index in [0.717, 1.165) is 18.5 Å². The lowest BCUT2D eigenvalue weighted by molar-refractivity contribution is 0.270. The monoisotopic (exact) mass is 257 g/mol. The van der Waals surface area contributed by atoms with Gasteiger partial charge in [-0.3, -0.25) is 0 Å². The van der Waals surface area contributed by atoms with Crippen molar-refractivity contribution in [1.29, 1.82) is 0 Å². The van der Waals surface area contributed by atoms with Crippen molar-refractivity contribution in [2.45, 2.75) is 40.2 Å². The topological polar surface area (TPSA) is 12.0 Å². The normalized spacial score (nSPS) is 13.8.